The zero-order chi connectivity index (χ0) is 8.39. The topological polar surface area (TPSA) is 56.7 Å². The van der Waals surface area contributed by atoms with E-state index >= 15 is 0 Å². The minimum absolute atomic E-state index is 0.684. The first-order valence-electron chi connectivity index (χ1n) is 3.51. The maximum atomic E-state index is 5.64. The van der Waals surface area contributed by atoms with Crippen LogP contribution in [-0.4, -0.2) is 14.8 Å². The molecule has 0 bridgehead atoms. The molecule has 0 aliphatic heterocycles. The fraction of sp³-hybridized carbons (Fsp3) is 0.143. The predicted molar refractivity (Wildman–Crippen MR) is 47.9 cm³/mol. The Balaban J connectivity index is 2.20. The number of rotatable bonds is 2. The third-order valence-electron chi connectivity index (χ3n) is 1.54. The Hall–Kier alpha value is -1.36. The second-order valence-corrected chi connectivity index (χ2v) is 3.35. The number of anilines is 1. The van der Waals surface area contributed by atoms with Gasteiger partial charge in [-0.15, -0.1) is 11.3 Å². The fourth-order valence-electron chi connectivity index (χ4n) is 0.943. The summed E-state index contributed by atoms with van der Waals surface area (Å²) < 4.78 is 1.74. The summed E-state index contributed by atoms with van der Waals surface area (Å²) in [6.45, 7) is 0.712. The Morgan fingerprint density at radius 3 is 3.08 bits per heavy atom. The molecule has 4 nitrogen and oxygen atoms in total. The van der Waals surface area contributed by atoms with Crippen molar-refractivity contribution in [1.29, 1.82) is 0 Å². The molecule has 2 N–H and O–H groups in total. The molecule has 2 aromatic rings. The second-order valence-electron chi connectivity index (χ2n) is 2.38. The summed E-state index contributed by atoms with van der Waals surface area (Å²) in [5.41, 5.74) is 7.44. The lowest BCUT2D eigenvalue weighted by atomic mass is 10.5. The zero-order valence-corrected chi connectivity index (χ0v) is 7.16. The van der Waals surface area contributed by atoms with E-state index in [-0.39, 0.29) is 0 Å². The Labute approximate surface area is 73.7 Å². The molecule has 0 aromatic carbocycles. The lowest BCUT2D eigenvalue weighted by molar-refractivity contribution is 0.704. The van der Waals surface area contributed by atoms with E-state index in [1.54, 1.807) is 33.8 Å². The maximum Gasteiger partial charge on any atom is 0.122 e. The van der Waals surface area contributed by atoms with Gasteiger partial charge in [0.25, 0.3) is 0 Å². The molecule has 62 valence electrons. The Bertz CT molecular complexity index is 351. The van der Waals surface area contributed by atoms with Gasteiger partial charge in [-0.05, 0) is 6.07 Å². The van der Waals surface area contributed by atoms with Crippen molar-refractivity contribution in [3.8, 4) is 0 Å². The highest BCUT2D eigenvalue weighted by molar-refractivity contribution is 7.09. The van der Waals surface area contributed by atoms with Gasteiger partial charge in [0.05, 0.1) is 18.3 Å². The van der Waals surface area contributed by atoms with Crippen molar-refractivity contribution in [2.75, 3.05) is 5.73 Å². The van der Waals surface area contributed by atoms with Gasteiger partial charge >= 0.3 is 0 Å². The lowest BCUT2D eigenvalue weighted by Crippen LogP contribution is -2.04. The molecule has 2 heterocycles. The van der Waals surface area contributed by atoms with Gasteiger partial charge in [-0.2, -0.15) is 5.10 Å². The highest BCUT2D eigenvalue weighted by atomic mass is 32.1. The normalized spacial score (nSPS) is 10.3. The number of hydrogen-bond acceptors (Lipinski definition) is 4. The summed E-state index contributed by atoms with van der Waals surface area (Å²) in [5.74, 6) is 0.684. The number of nitrogens with two attached hydrogens (primary N) is 1. The molecule has 12 heavy (non-hydrogen) atoms. The van der Waals surface area contributed by atoms with Gasteiger partial charge in [0.2, 0.25) is 0 Å². The van der Waals surface area contributed by atoms with Gasteiger partial charge in [-0.1, -0.05) is 0 Å². The maximum absolute atomic E-state index is 5.64. The molecule has 5 heteroatoms. The number of aromatic nitrogens is 3. The van der Waals surface area contributed by atoms with Crippen LogP contribution in [0.2, 0.25) is 0 Å². The van der Waals surface area contributed by atoms with Crippen molar-refractivity contribution in [1.82, 2.24) is 14.8 Å². The van der Waals surface area contributed by atoms with Crippen molar-refractivity contribution >= 4 is 17.2 Å². The molecule has 2 aromatic heterocycles. The van der Waals surface area contributed by atoms with Gasteiger partial charge < -0.3 is 5.73 Å². The first-order chi connectivity index (χ1) is 5.86. The van der Waals surface area contributed by atoms with E-state index < -0.39 is 0 Å². The van der Waals surface area contributed by atoms with Crippen molar-refractivity contribution in [3.63, 3.8) is 0 Å². The van der Waals surface area contributed by atoms with E-state index in [0.717, 1.165) is 4.88 Å². The van der Waals surface area contributed by atoms with E-state index in [1.165, 1.54) is 0 Å². The molecule has 2 rings (SSSR count). The molecule has 0 atom stereocenters. The van der Waals surface area contributed by atoms with Crippen LogP contribution >= 0.6 is 11.3 Å². The molecule has 0 saturated carbocycles. The van der Waals surface area contributed by atoms with E-state index in [1.807, 2.05) is 6.20 Å². The lowest BCUT2D eigenvalue weighted by Gasteiger charge is -1.99. The number of hydrogen-bond donors (Lipinski definition) is 1. The summed E-state index contributed by atoms with van der Waals surface area (Å²) in [5, 5.41) is 4.06. The molecular formula is C7H8N4S. The summed E-state index contributed by atoms with van der Waals surface area (Å²) in [4.78, 5) is 5.13. The van der Waals surface area contributed by atoms with Crippen LogP contribution in [0.4, 0.5) is 5.82 Å². The molecule has 0 aliphatic rings. The molecule has 0 radical (unpaired) electrons. The van der Waals surface area contributed by atoms with Crippen molar-refractivity contribution in [2.45, 2.75) is 6.54 Å². The third kappa shape index (κ3) is 1.31. The third-order valence-corrected chi connectivity index (χ3v) is 2.30. The molecule has 0 aliphatic carbocycles. The van der Waals surface area contributed by atoms with Crippen molar-refractivity contribution < 1.29 is 0 Å². The van der Waals surface area contributed by atoms with Gasteiger partial charge in [0.15, 0.2) is 0 Å². The molecule has 0 spiro atoms. The Morgan fingerprint density at radius 1 is 1.58 bits per heavy atom. The Kier molecular flexibility index (Phi) is 1.79. The average Bonchev–Trinajstić information content (AvgIpc) is 2.65. The van der Waals surface area contributed by atoms with Crippen LogP contribution in [0.15, 0.2) is 24.0 Å². The Morgan fingerprint density at radius 2 is 2.50 bits per heavy atom. The summed E-state index contributed by atoms with van der Waals surface area (Å²) in [6, 6.07) is 1.78. The van der Waals surface area contributed by atoms with Gasteiger partial charge in [0, 0.05) is 11.1 Å². The van der Waals surface area contributed by atoms with Crippen LogP contribution in [0.25, 0.3) is 0 Å². The zero-order valence-electron chi connectivity index (χ0n) is 6.34. The van der Waals surface area contributed by atoms with Crippen LogP contribution in [-0.2, 0) is 6.54 Å². The van der Waals surface area contributed by atoms with E-state index in [2.05, 4.69) is 10.1 Å². The van der Waals surface area contributed by atoms with Crippen LogP contribution in [0.3, 0.4) is 0 Å². The number of nitrogen functional groups attached to an aromatic ring is 1. The van der Waals surface area contributed by atoms with Gasteiger partial charge in [0.1, 0.15) is 5.82 Å². The van der Waals surface area contributed by atoms with Crippen LogP contribution in [0.5, 0.6) is 0 Å². The molecule has 0 unspecified atom stereocenters. The molecule has 0 saturated heterocycles. The van der Waals surface area contributed by atoms with Crippen molar-refractivity contribution in [3.05, 3.63) is 28.8 Å². The largest absolute Gasteiger partial charge is 0.384 e. The first kappa shape index (κ1) is 7.30. The van der Waals surface area contributed by atoms with Crippen LogP contribution < -0.4 is 5.73 Å². The molecule has 0 amide bonds. The molecule has 0 fully saturated rings. The monoisotopic (exact) mass is 180 g/mol. The minimum Gasteiger partial charge on any atom is -0.384 e. The van der Waals surface area contributed by atoms with Gasteiger partial charge in [-0.3, -0.25) is 4.98 Å². The average molecular weight is 180 g/mol. The molecular weight excluding hydrogens is 172 g/mol. The van der Waals surface area contributed by atoms with Crippen LogP contribution in [0, 0.1) is 0 Å². The smallest absolute Gasteiger partial charge is 0.122 e. The number of thiazole rings is 1. The number of nitrogens with zero attached hydrogens (tertiary/aromatic N) is 3. The van der Waals surface area contributed by atoms with E-state index in [0.29, 0.717) is 12.4 Å². The van der Waals surface area contributed by atoms with Crippen LogP contribution in [0.1, 0.15) is 4.88 Å². The minimum atomic E-state index is 0.684. The second kappa shape index (κ2) is 2.94. The van der Waals surface area contributed by atoms with Crippen molar-refractivity contribution in [2.24, 2.45) is 0 Å². The van der Waals surface area contributed by atoms with Gasteiger partial charge in [-0.25, -0.2) is 4.68 Å². The first-order valence-corrected chi connectivity index (χ1v) is 4.39. The highest BCUT2D eigenvalue weighted by Crippen LogP contribution is 2.09. The predicted octanol–water partition coefficient (Wildman–Crippen LogP) is 0.970. The highest BCUT2D eigenvalue weighted by Gasteiger charge is 1.99. The summed E-state index contributed by atoms with van der Waals surface area (Å²) >= 11 is 1.60. The van der Waals surface area contributed by atoms with E-state index in [4.69, 9.17) is 5.73 Å². The van der Waals surface area contributed by atoms with E-state index in [9.17, 15) is 0 Å². The quantitative estimate of drug-likeness (QED) is 0.749. The standard InChI is InChI=1S/C7H8N4S/c8-7-1-2-10-11(7)4-6-3-9-5-12-6/h1-3,5H,4,8H2. The fourth-order valence-corrected chi connectivity index (χ4v) is 1.52. The SMILES string of the molecule is Nc1ccnn1Cc1cncs1. The summed E-state index contributed by atoms with van der Waals surface area (Å²) in [6.07, 6.45) is 3.52. The summed E-state index contributed by atoms with van der Waals surface area (Å²) in [7, 11) is 0.